The highest BCUT2D eigenvalue weighted by Gasteiger charge is 2.15. The molecule has 0 fully saturated rings. The first-order chi connectivity index (χ1) is 11.4. The van der Waals surface area contributed by atoms with Gasteiger partial charge in [0.1, 0.15) is 0 Å². The number of aliphatic carboxylic acids is 3. The quantitative estimate of drug-likeness (QED) is 0.266. The number of esters is 2. The molecular weight excluding hydrogens is 342 g/mol. The number of carbonyl (C=O) groups excluding carboxylic acids is 3. The number of hydrogen-bond donors (Lipinski definition) is 4. The summed E-state index contributed by atoms with van der Waals surface area (Å²) in [6, 6.07) is 0. The number of hydrogen-bond acceptors (Lipinski definition) is 7. The van der Waals surface area contributed by atoms with Crippen molar-refractivity contribution in [3.8, 4) is 0 Å². The highest BCUT2D eigenvalue weighted by atomic mass is 16.6. The minimum absolute atomic E-state index is 0.283. The van der Waals surface area contributed by atoms with Crippen LogP contribution in [0.1, 0.15) is 13.8 Å². The Morgan fingerprint density at radius 1 is 0.720 bits per heavy atom. The molecule has 136 valence electrons. The number of ether oxygens (including phenoxy) is 1. The van der Waals surface area contributed by atoms with Gasteiger partial charge in [0.05, 0.1) is 0 Å². The second-order valence-electron chi connectivity index (χ2n) is 4.08. The van der Waals surface area contributed by atoms with Crippen LogP contribution in [0.5, 0.6) is 0 Å². The molecular formula is C14H15NO10. The molecule has 11 heteroatoms. The first-order valence-corrected chi connectivity index (χ1v) is 6.16. The van der Waals surface area contributed by atoms with Gasteiger partial charge in [-0.1, -0.05) is 0 Å². The van der Waals surface area contributed by atoms with Gasteiger partial charge in [0.2, 0.25) is 5.91 Å². The summed E-state index contributed by atoms with van der Waals surface area (Å²) in [4.78, 5) is 62.1. The third-order valence-corrected chi connectivity index (χ3v) is 1.90. The molecule has 0 saturated heterocycles. The van der Waals surface area contributed by atoms with Gasteiger partial charge in [0.15, 0.2) is 0 Å². The fourth-order valence-corrected chi connectivity index (χ4v) is 0.887. The molecule has 0 radical (unpaired) electrons. The predicted octanol–water partition coefficient (Wildman–Crippen LogP) is -0.769. The minimum atomic E-state index is -1.36. The molecule has 11 nitrogen and oxygen atoms in total. The Hall–Kier alpha value is -3.76. The highest BCUT2D eigenvalue weighted by Crippen LogP contribution is 2.02. The molecule has 0 aromatic heterocycles. The van der Waals surface area contributed by atoms with Crippen LogP contribution in [0.3, 0.4) is 0 Å². The Balaban J connectivity index is 0. The number of carbonyl (C=O) groups is 6. The maximum Gasteiger partial charge on any atom is 0.341 e. The number of carboxylic acid groups (broad SMARTS) is 3. The number of primary amides is 1. The molecule has 5 N–H and O–H groups in total. The van der Waals surface area contributed by atoms with E-state index in [1.54, 1.807) is 0 Å². The zero-order valence-corrected chi connectivity index (χ0v) is 13.1. The molecule has 0 aliphatic carbocycles. The zero-order chi connectivity index (χ0) is 20.2. The second-order valence-corrected chi connectivity index (χ2v) is 4.08. The summed E-state index contributed by atoms with van der Waals surface area (Å²) in [5, 5.41) is 24.5. The third-order valence-electron chi connectivity index (χ3n) is 1.90. The van der Waals surface area contributed by atoms with Crippen LogP contribution in [0.2, 0.25) is 0 Å². The number of amides is 1. The lowest BCUT2D eigenvalue weighted by molar-refractivity contribution is -0.154. The van der Waals surface area contributed by atoms with Gasteiger partial charge < -0.3 is 25.8 Å². The Kier molecular flexibility index (Phi) is 11.1. The van der Waals surface area contributed by atoms with Crippen LogP contribution in [0, 0.1) is 0 Å². The van der Waals surface area contributed by atoms with Gasteiger partial charge >= 0.3 is 29.8 Å². The molecule has 0 aromatic carbocycles. The van der Waals surface area contributed by atoms with E-state index in [1.165, 1.54) is 0 Å². The van der Waals surface area contributed by atoms with E-state index in [1.807, 2.05) is 0 Å². The van der Waals surface area contributed by atoms with E-state index in [4.69, 9.17) is 15.3 Å². The van der Waals surface area contributed by atoms with Crippen LogP contribution in [-0.2, 0) is 33.5 Å². The van der Waals surface area contributed by atoms with E-state index in [0.717, 1.165) is 19.9 Å². The van der Waals surface area contributed by atoms with Gasteiger partial charge in [0.25, 0.3) is 0 Å². The lowest BCUT2D eigenvalue weighted by Gasteiger charge is -2.01. The van der Waals surface area contributed by atoms with Crippen molar-refractivity contribution in [3.05, 3.63) is 35.5 Å². The third kappa shape index (κ3) is 14.9. The van der Waals surface area contributed by atoms with E-state index >= 15 is 0 Å². The Morgan fingerprint density at radius 3 is 1.28 bits per heavy atom. The van der Waals surface area contributed by atoms with Crippen LogP contribution >= 0.6 is 0 Å². The summed E-state index contributed by atoms with van der Waals surface area (Å²) < 4.78 is 4.23. The van der Waals surface area contributed by atoms with Gasteiger partial charge in [-0.05, 0) is 13.8 Å². The summed E-state index contributed by atoms with van der Waals surface area (Å²) in [7, 11) is 0. The largest absolute Gasteiger partial charge is 0.478 e. The van der Waals surface area contributed by atoms with Crippen molar-refractivity contribution < 1.29 is 48.8 Å². The zero-order valence-electron chi connectivity index (χ0n) is 13.1. The van der Waals surface area contributed by atoms with Gasteiger partial charge in [-0.25, -0.2) is 24.0 Å². The molecule has 0 saturated carbocycles. The Morgan fingerprint density at radius 2 is 1.08 bits per heavy atom. The van der Waals surface area contributed by atoms with Gasteiger partial charge in [0, 0.05) is 35.5 Å². The molecule has 25 heavy (non-hydrogen) atoms. The lowest BCUT2D eigenvalue weighted by Crippen LogP contribution is -2.15. The molecule has 1 amide bonds. The van der Waals surface area contributed by atoms with E-state index in [9.17, 15) is 28.8 Å². The Labute approximate surface area is 140 Å². The normalized spacial score (nSPS) is 11.1. The van der Waals surface area contributed by atoms with Crippen molar-refractivity contribution in [2.75, 3.05) is 0 Å². The molecule has 0 aromatic rings. The number of nitrogens with two attached hydrogens (primary N) is 1. The average Bonchev–Trinajstić information content (AvgIpc) is 2.44. The molecule has 0 atom stereocenters. The maximum absolute atomic E-state index is 11.1. The van der Waals surface area contributed by atoms with Crippen LogP contribution in [0.25, 0.3) is 0 Å². The Bertz CT molecular complexity index is 613. The van der Waals surface area contributed by atoms with Gasteiger partial charge in [-0.3, -0.25) is 4.79 Å². The van der Waals surface area contributed by atoms with Crippen LogP contribution < -0.4 is 5.73 Å². The van der Waals surface area contributed by atoms with E-state index < -0.39 is 35.8 Å². The van der Waals surface area contributed by atoms with Gasteiger partial charge in [-0.2, -0.15) is 0 Å². The molecule has 0 bridgehead atoms. The molecule has 0 aliphatic heterocycles. The molecule has 0 heterocycles. The minimum Gasteiger partial charge on any atom is -0.478 e. The average molecular weight is 357 g/mol. The SMILES string of the molecule is C/C(=C/C(=O)O)C(=O)OC(=O)/C(C)=C\C(=O)O.NC(=O)/C=C\C(=O)O. The maximum atomic E-state index is 11.1. The lowest BCUT2D eigenvalue weighted by atomic mass is 10.2. The summed E-state index contributed by atoms with van der Waals surface area (Å²) in [5.74, 6) is -6.93. The van der Waals surface area contributed by atoms with E-state index in [-0.39, 0.29) is 11.1 Å². The number of rotatable bonds is 6. The van der Waals surface area contributed by atoms with Crippen LogP contribution in [-0.4, -0.2) is 51.1 Å². The monoisotopic (exact) mass is 357 g/mol. The van der Waals surface area contributed by atoms with Crippen molar-refractivity contribution in [2.45, 2.75) is 13.8 Å². The standard InChI is InChI=1S/C10H10O7.C4H5NO3/c1-5(3-7(11)12)9(15)17-10(16)6(2)4-8(13)14;5-3(6)1-2-4(7)8/h3-4H,1-2H3,(H,11,12)(H,13,14);1-2H,(H2,5,6)(H,7,8)/b5-3-,6-4-;2-1-. The second kappa shape index (κ2) is 11.8. The van der Waals surface area contributed by atoms with Crippen LogP contribution in [0.4, 0.5) is 0 Å². The fourth-order valence-electron chi connectivity index (χ4n) is 0.887. The molecule has 0 spiro atoms. The molecule has 0 rings (SSSR count). The highest BCUT2D eigenvalue weighted by molar-refractivity contribution is 6.05. The summed E-state index contributed by atoms with van der Waals surface area (Å²) in [6.45, 7) is 2.31. The fraction of sp³-hybridized carbons (Fsp3) is 0.143. The smallest absolute Gasteiger partial charge is 0.341 e. The van der Waals surface area contributed by atoms with Crippen molar-refractivity contribution in [2.24, 2.45) is 5.73 Å². The van der Waals surface area contributed by atoms with Crippen molar-refractivity contribution in [1.29, 1.82) is 0 Å². The summed E-state index contributed by atoms with van der Waals surface area (Å²) in [6.07, 6.45) is 2.61. The summed E-state index contributed by atoms with van der Waals surface area (Å²) >= 11 is 0. The van der Waals surface area contributed by atoms with Crippen molar-refractivity contribution in [1.82, 2.24) is 0 Å². The molecule has 0 aliphatic rings. The van der Waals surface area contributed by atoms with E-state index in [2.05, 4.69) is 10.5 Å². The number of carboxylic acids is 3. The predicted molar refractivity (Wildman–Crippen MR) is 79.9 cm³/mol. The van der Waals surface area contributed by atoms with Crippen molar-refractivity contribution in [3.63, 3.8) is 0 Å². The summed E-state index contributed by atoms with van der Waals surface area (Å²) in [5.41, 5.74) is 3.98. The van der Waals surface area contributed by atoms with Gasteiger partial charge in [-0.15, -0.1) is 0 Å². The van der Waals surface area contributed by atoms with Crippen molar-refractivity contribution >= 4 is 35.8 Å². The topological polar surface area (TPSA) is 198 Å². The van der Waals surface area contributed by atoms with Crippen LogP contribution in [0.15, 0.2) is 35.5 Å². The molecule has 0 unspecified atom stereocenters. The first-order valence-electron chi connectivity index (χ1n) is 6.16. The van der Waals surface area contributed by atoms with E-state index in [0.29, 0.717) is 18.2 Å². The first kappa shape index (κ1) is 23.5.